The second-order valence-corrected chi connectivity index (χ2v) is 8.20. The summed E-state index contributed by atoms with van der Waals surface area (Å²) in [7, 11) is 0. The molecule has 1 saturated carbocycles. The highest BCUT2D eigenvalue weighted by atomic mass is 16.2. The second kappa shape index (κ2) is 7.90. The Bertz CT molecular complexity index is 895. The maximum absolute atomic E-state index is 13.2. The first-order valence-electron chi connectivity index (χ1n) is 10.5. The van der Waals surface area contributed by atoms with Gasteiger partial charge in [0.2, 0.25) is 11.8 Å². The van der Waals surface area contributed by atoms with Crippen LogP contribution in [0.25, 0.3) is 0 Å². The molecule has 0 atom stereocenters. The van der Waals surface area contributed by atoms with Crippen molar-refractivity contribution < 1.29 is 9.59 Å². The molecule has 0 bridgehead atoms. The van der Waals surface area contributed by atoms with Gasteiger partial charge in [0.05, 0.1) is 0 Å². The van der Waals surface area contributed by atoms with Crippen molar-refractivity contribution in [1.82, 2.24) is 4.90 Å². The molecular formula is C24H29N3O2. The predicted molar refractivity (Wildman–Crippen MR) is 116 cm³/mol. The van der Waals surface area contributed by atoms with Gasteiger partial charge >= 0.3 is 0 Å². The van der Waals surface area contributed by atoms with Crippen molar-refractivity contribution in [3.63, 3.8) is 0 Å². The van der Waals surface area contributed by atoms with Crippen molar-refractivity contribution >= 4 is 23.2 Å². The molecule has 4 rings (SSSR count). The van der Waals surface area contributed by atoms with Crippen LogP contribution < -0.4 is 10.2 Å². The van der Waals surface area contributed by atoms with Gasteiger partial charge in [-0.05, 0) is 61.6 Å². The molecule has 2 fully saturated rings. The summed E-state index contributed by atoms with van der Waals surface area (Å²) >= 11 is 0. The summed E-state index contributed by atoms with van der Waals surface area (Å²) in [6.07, 6.45) is 2.25. The smallest absolute Gasteiger partial charge is 0.240 e. The van der Waals surface area contributed by atoms with Gasteiger partial charge in [0, 0.05) is 37.6 Å². The predicted octanol–water partition coefficient (Wildman–Crippen LogP) is 3.62. The highest BCUT2D eigenvalue weighted by Crippen LogP contribution is 2.48. The second-order valence-electron chi connectivity index (χ2n) is 8.20. The molecule has 5 nitrogen and oxygen atoms in total. The summed E-state index contributed by atoms with van der Waals surface area (Å²) in [5, 5.41) is 2.96. The van der Waals surface area contributed by atoms with Gasteiger partial charge in [-0.25, -0.2) is 0 Å². The number of aryl methyl sites for hydroxylation is 2. The van der Waals surface area contributed by atoms with E-state index in [1.54, 1.807) is 0 Å². The molecule has 2 aliphatic rings. The summed E-state index contributed by atoms with van der Waals surface area (Å²) in [5.41, 5.74) is 3.56. The minimum absolute atomic E-state index is 0.0101. The first-order valence-corrected chi connectivity index (χ1v) is 10.5. The topological polar surface area (TPSA) is 52.7 Å². The molecule has 0 spiro atoms. The summed E-state index contributed by atoms with van der Waals surface area (Å²) in [6.45, 7) is 7.11. The number of hydrogen-bond donors (Lipinski definition) is 1. The third-order valence-corrected chi connectivity index (χ3v) is 6.15. The zero-order valence-corrected chi connectivity index (χ0v) is 17.3. The molecule has 0 aromatic heterocycles. The zero-order chi connectivity index (χ0) is 20.4. The first-order chi connectivity index (χ1) is 14.0. The van der Waals surface area contributed by atoms with Crippen LogP contribution in [0.4, 0.5) is 11.4 Å². The monoisotopic (exact) mass is 391 g/mol. The number of carbonyl (C=O) groups is 2. The van der Waals surface area contributed by atoms with Gasteiger partial charge in [-0.2, -0.15) is 0 Å². The number of nitrogens with one attached hydrogen (secondary N) is 1. The third kappa shape index (κ3) is 4.00. The maximum Gasteiger partial charge on any atom is 0.240 e. The lowest BCUT2D eigenvalue weighted by Gasteiger charge is -2.37. The van der Waals surface area contributed by atoms with Crippen molar-refractivity contribution in [2.75, 3.05) is 36.4 Å². The molecule has 1 aliphatic carbocycles. The summed E-state index contributed by atoms with van der Waals surface area (Å²) in [4.78, 5) is 30.2. The molecule has 0 radical (unpaired) electrons. The molecule has 1 heterocycles. The molecule has 1 N–H and O–H groups in total. The van der Waals surface area contributed by atoms with Crippen molar-refractivity contribution in [2.24, 2.45) is 5.41 Å². The van der Waals surface area contributed by atoms with Crippen LogP contribution in [0.1, 0.15) is 30.9 Å². The molecule has 2 amide bonds. The number of piperazine rings is 1. The van der Waals surface area contributed by atoms with Gasteiger partial charge in [0.15, 0.2) is 0 Å². The quantitative estimate of drug-likeness (QED) is 0.792. The lowest BCUT2D eigenvalue weighted by atomic mass is 10.0. The van der Waals surface area contributed by atoms with Crippen LogP contribution in [0.2, 0.25) is 0 Å². The van der Waals surface area contributed by atoms with Crippen molar-refractivity contribution in [2.45, 2.75) is 33.1 Å². The van der Waals surface area contributed by atoms with Gasteiger partial charge < -0.3 is 15.1 Å². The molecule has 29 heavy (non-hydrogen) atoms. The Hall–Kier alpha value is -2.82. The number of benzene rings is 2. The molecule has 1 saturated heterocycles. The SMILES string of the molecule is CCc1ccc(NC(=O)C2(C(=O)N3CCN(c4cccc(C)c4)CC3)CC2)cc1. The molecule has 152 valence electrons. The highest BCUT2D eigenvalue weighted by molar-refractivity contribution is 6.13. The van der Waals surface area contributed by atoms with Crippen LogP contribution in [0.15, 0.2) is 48.5 Å². The van der Waals surface area contributed by atoms with Crippen LogP contribution in [-0.2, 0) is 16.0 Å². The summed E-state index contributed by atoms with van der Waals surface area (Å²) in [5.74, 6) is -0.170. The Morgan fingerprint density at radius 2 is 1.69 bits per heavy atom. The fourth-order valence-corrected chi connectivity index (χ4v) is 4.03. The van der Waals surface area contributed by atoms with Gasteiger partial charge in [0.25, 0.3) is 0 Å². The molecule has 5 heteroatoms. The van der Waals surface area contributed by atoms with Crippen LogP contribution >= 0.6 is 0 Å². The van der Waals surface area contributed by atoms with E-state index in [4.69, 9.17) is 0 Å². The van der Waals surface area contributed by atoms with E-state index in [1.165, 1.54) is 16.8 Å². The minimum atomic E-state index is -0.866. The van der Waals surface area contributed by atoms with E-state index >= 15 is 0 Å². The van der Waals surface area contributed by atoms with Gasteiger partial charge in [-0.15, -0.1) is 0 Å². The number of rotatable bonds is 5. The maximum atomic E-state index is 13.2. The average molecular weight is 392 g/mol. The molecule has 1 aliphatic heterocycles. The molecular weight excluding hydrogens is 362 g/mol. The fourth-order valence-electron chi connectivity index (χ4n) is 4.03. The lowest BCUT2D eigenvalue weighted by molar-refractivity contribution is -0.142. The summed E-state index contributed by atoms with van der Waals surface area (Å²) < 4.78 is 0. The number of anilines is 2. The van der Waals surface area contributed by atoms with Gasteiger partial charge in [-0.3, -0.25) is 9.59 Å². The average Bonchev–Trinajstić information content (AvgIpc) is 3.56. The molecule has 0 unspecified atom stereocenters. The molecule has 2 aromatic rings. The fraction of sp³-hybridized carbons (Fsp3) is 0.417. The Labute approximate surface area is 172 Å². The number of nitrogens with zero attached hydrogens (tertiary/aromatic N) is 2. The number of hydrogen-bond acceptors (Lipinski definition) is 3. The van der Waals surface area contributed by atoms with E-state index in [0.29, 0.717) is 25.9 Å². The van der Waals surface area contributed by atoms with Crippen molar-refractivity contribution in [3.8, 4) is 0 Å². The van der Waals surface area contributed by atoms with Crippen LogP contribution in [-0.4, -0.2) is 42.9 Å². The van der Waals surface area contributed by atoms with E-state index in [1.807, 2.05) is 29.2 Å². The van der Waals surface area contributed by atoms with E-state index in [2.05, 4.69) is 48.3 Å². The Morgan fingerprint density at radius 1 is 1.00 bits per heavy atom. The van der Waals surface area contributed by atoms with E-state index in [-0.39, 0.29) is 11.8 Å². The number of carbonyl (C=O) groups excluding carboxylic acids is 2. The zero-order valence-electron chi connectivity index (χ0n) is 17.3. The van der Waals surface area contributed by atoms with Crippen LogP contribution in [0, 0.1) is 12.3 Å². The molecule has 2 aromatic carbocycles. The lowest BCUT2D eigenvalue weighted by Crippen LogP contribution is -2.52. The normalized spacial score (nSPS) is 17.7. The Kier molecular flexibility index (Phi) is 5.31. The van der Waals surface area contributed by atoms with Gasteiger partial charge in [0.1, 0.15) is 5.41 Å². The Balaban J connectivity index is 1.37. The van der Waals surface area contributed by atoms with E-state index < -0.39 is 5.41 Å². The number of amides is 2. The summed E-state index contributed by atoms with van der Waals surface area (Å²) in [6, 6.07) is 16.3. The van der Waals surface area contributed by atoms with Crippen LogP contribution in [0.3, 0.4) is 0 Å². The van der Waals surface area contributed by atoms with Crippen molar-refractivity contribution in [3.05, 3.63) is 59.7 Å². The van der Waals surface area contributed by atoms with Gasteiger partial charge in [-0.1, -0.05) is 31.2 Å². The minimum Gasteiger partial charge on any atom is -0.368 e. The van der Waals surface area contributed by atoms with E-state index in [0.717, 1.165) is 25.2 Å². The van der Waals surface area contributed by atoms with Crippen LogP contribution in [0.5, 0.6) is 0 Å². The third-order valence-electron chi connectivity index (χ3n) is 6.15. The largest absolute Gasteiger partial charge is 0.368 e. The van der Waals surface area contributed by atoms with Crippen molar-refractivity contribution in [1.29, 1.82) is 0 Å². The Morgan fingerprint density at radius 3 is 2.28 bits per heavy atom. The highest BCUT2D eigenvalue weighted by Gasteiger charge is 2.58. The standard InChI is InChI=1S/C24H29N3O2/c1-3-19-7-9-20(10-8-19)25-22(28)24(11-12-24)23(29)27-15-13-26(14-16-27)21-6-4-5-18(2)17-21/h4-10,17H,3,11-16H2,1-2H3,(H,25,28). The first kappa shape index (κ1) is 19.5. The van der Waals surface area contributed by atoms with E-state index in [9.17, 15) is 9.59 Å².